The van der Waals surface area contributed by atoms with Crippen LogP contribution in [0.1, 0.15) is 27.0 Å². The normalized spacial score (nSPS) is 10.5. The predicted octanol–water partition coefficient (Wildman–Crippen LogP) is 6.02. The highest BCUT2D eigenvalue weighted by Crippen LogP contribution is 2.25. The van der Waals surface area contributed by atoms with Gasteiger partial charge in [-0.1, -0.05) is 60.7 Å². The molecule has 5 heteroatoms. The smallest absolute Gasteiger partial charge is 0.337 e. The first-order valence-electron chi connectivity index (χ1n) is 11.6. The van der Waals surface area contributed by atoms with E-state index in [0.29, 0.717) is 31.0 Å². The molecular formula is C30H29NO4. The van der Waals surface area contributed by atoms with Crippen molar-refractivity contribution in [2.75, 3.05) is 20.3 Å². The third-order valence-electron chi connectivity index (χ3n) is 5.51. The van der Waals surface area contributed by atoms with Crippen LogP contribution in [0.2, 0.25) is 0 Å². The molecule has 0 aliphatic heterocycles. The van der Waals surface area contributed by atoms with Crippen LogP contribution in [0, 0.1) is 0 Å². The summed E-state index contributed by atoms with van der Waals surface area (Å²) >= 11 is 0. The molecule has 5 nitrogen and oxygen atoms in total. The maximum absolute atomic E-state index is 11.6. The van der Waals surface area contributed by atoms with Crippen molar-refractivity contribution in [3.8, 4) is 17.2 Å². The third kappa shape index (κ3) is 7.19. The lowest BCUT2D eigenvalue weighted by molar-refractivity contribution is 0.0600. The molecule has 0 radical (unpaired) electrons. The van der Waals surface area contributed by atoms with Gasteiger partial charge in [-0.2, -0.15) is 0 Å². The van der Waals surface area contributed by atoms with Gasteiger partial charge in [0.05, 0.1) is 12.7 Å². The summed E-state index contributed by atoms with van der Waals surface area (Å²) in [6, 6.07) is 33.5. The Morgan fingerprint density at radius 1 is 0.743 bits per heavy atom. The summed E-state index contributed by atoms with van der Waals surface area (Å²) < 4.78 is 16.7. The van der Waals surface area contributed by atoms with Crippen LogP contribution < -0.4 is 14.8 Å². The van der Waals surface area contributed by atoms with Crippen molar-refractivity contribution in [2.24, 2.45) is 0 Å². The van der Waals surface area contributed by atoms with Gasteiger partial charge in [-0.05, 0) is 60.0 Å². The molecule has 0 saturated carbocycles. The number of benzene rings is 4. The second-order valence-electron chi connectivity index (χ2n) is 8.06. The molecule has 0 aliphatic rings. The van der Waals surface area contributed by atoms with Gasteiger partial charge in [0.1, 0.15) is 23.9 Å². The number of ether oxygens (including phenoxy) is 3. The summed E-state index contributed by atoms with van der Waals surface area (Å²) in [5, 5.41) is 3.41. The zero-order valence-electron chi connectivity index (χ0n) is 19.8. The average molecular weight is 468 g/mol. The van der Waals surface area contributed by atoms with Gasteiger partial charge in [0.2, 0.25) is 0 Å². The average Bonchev–Trinajstić information content (AvgIpc) is 2.91. The molecule has 0 heterocycles. The van der Waals surface area contributed by atoms with Gasteiger partial charge >= 0.3 is 5.97 Å². The van der Waals surface area contributed by atoms with Crippen LogP contribution in [0.5, 0.6) is 17.2 Å². The highest BCUT2D eigenvalue weighted by atomic mass is 16.5. The van der Waals surface area contributed by atoms with Crippen LogP contribution >= 0.6 is 0 Å². The molecule has 0 bridgehead atoms. The predicted molar refractivity (Wildman–Crippen MR) is 137 cm³/mol. The number of rotatable bonds is 11. The quantitative estimate of drug-likeness (QED) is 0.216. The molecule has 0 atom stereocenters. The van der Waals surface area contributed by atoms with Gasteiger partial charge in [0, 0.05) is 18.7 Å². The fraction of sp³-hybridized carbons (Fsp3) is 0.167. The fourth-order valence-electron chi connectivity index (χ4n) is 3.65. The Balaban J connectivity index is 1.22. The maximum atomic E-state index is 11.6. The van der Waals surface area contributed by atoms with Crippen LogP contribution in [0.25, 0.3) is 0 Å². The Bertz CT molecular complexity index is 1210. The lowest BCUT2D eigenvalue weighted by Crippen LogP contribution is -2.20. The summed E-state index contributed by atoms with van der Waals surface area (Å²) in [4.78, 5) is 11.6. The van der Waals surface area contributed by atoms with Gasteiger partial charge in [-0.3, -0.25) is 0 Å². The molecule has 4 aromatic rings. The molecule has 0 amide bonds. The summed E-state index contributed by atoms with van der Waals surface area (Å²) in [5.41, 5.74) is 4.08. The van der Waals surface area contributed by atoms with Crippen molar-refractivity contribution in [1.82, 2.24) is 5.32 Å². The number of nitrogens with one attached hydrogen (secondary N) is 1. The van der Waals surface area contributed by atoms with E-state index in [9.17, 15) is 4.79 Å². The molecule has 1 N–H and O–H groups in total. The number of esters is 1. The van der Waals surface area contributed by atoms with E-state index in [-0.39, 0.29) is 5.97 Å². The fourth-order valence-corrected chi connectivity index (χ4v) is 3.65. The highest BCUT2D eigenvalue weighted by molar-refractivity contribution is 5.89. The molecule has 4 rings (SSSR count). The van der Waals surface area contributed by atoms with Crippen molar-refractivity contribution in [3.63, 3.8) is 0 Å². The monoisotopic (exact) mass is 467 g/mol. The van der Waals surface area contributed by atoms with Crippen LogP contribution in [0.3, 0.4) is 0 Å². The molecule has 0 aromatic heterocycles. The Kier molecular flexibility index (Phi) is 8.52. The SMILES string of the molecule is COC(=O)c1ccc(Oc2ccccc2CNCCOc2ccc(Cc3ccccc3)cc2)cc1. The van der Waals surface area contributed by atoms with Gasteiger partial charge in [0.15, 0.2) is 0 Å². The van der Waals surface area contributed by atoms with Crippen molar-refractivity contribution in [3.05, 3.63) is 125 Å². The zero-order valence-corrected chi connectivity index (χ0v) is 19.8. The Hall–Kier alpha value is -4.09. The highest BCUT2D eigenvalue weighted by Gasteiger charge is 2.07. The van der Waals surface area contributed by atoms with E-state index in [2.05, 4.69) is 41.7 Å². The van der Waals surface area contributed by atoms with Crippen molar-refractivity contribution in [2.45, 2.75) is 13.0 Å². The lowest BCUT2D eigenvalue weighted by atomic mass is 10.1. The number of hydrogen-bond donors (Lipinski definition) is 1. The minimum absolute atomic E-state index is 0.369. The van der Waals surface area contributed by atoms with Crippen molar-refractivity contribution >= 4 is 5.97 Å². The second kappa shape index (κ2) is 12.4. The first kappa shape index (κ1) is 24.0. The van der Waals surface area contributed by atoms with Crippen LogP contribution in [-0.4, -0.2) is 26.2 Å². The van der Waals surface area contributed by atoms with Crippen molar-refractivity contribution in [1.29, 1.82) is 0 Å². The molecule has 178 valence electrons. The second-order valence-corrected chi connectivity index (χ2v) is 8.06. The third-order valence-corrected chi connectivity index (χ3v) is 5.51. The van der Waals surface area contributed by atoms with E-state index in [1.165, 1.54) is 18.2 Å². The van der Waals surface area contributed by atoms with Gasteiger partial charge in [-0.15, -0.1) is 0 Å². The maximum Gasteiger partial charge on any atom is 0.337 e. The lowest BCUT2D eigenvalue weighted by Gasteiger charge is -2.13. The Morgan fingerprint density at radius 2 is 1.40 bits per heavy atom. The molecule has 35 heavy (non-hydrogen) atoms. The first-order valence-corrected chi connectivity index (χ1v) is 11.6. The molecule has 4 aromatic carbocycles. The van der Waals surface area contributed by atoms with E-state index in [1.807, 2.05) is 42.5 Å². The zero-order chi connectivity index (χ0) is 24.3. The number of carbonyl (C=O) groups excluding carboxylic acids is 1. The van der Waals surface area contributed by atoms with Gasteiger partial charge < -0.3 is 19.5 Å². The number of hydrogen-bond acceptors (Lipinski definition) is 5. The van der Waals surface area contributed by atoms with Crippen molar-refractivity contribution < 1.29 is 19.0 Å². The van der Waals surface area contributed by atoms with E-state index in [4.69, 9.17) is 14.2 Å². The van der Waals surface area contributed by atoms with Gasteiger partial charge in [-0.25, -0.2) is 4.79 Å². The van der Waals surface area contributed by atoms with E-state index in [1.54, 1.807) is 24.3 Å². The summed E-state index contributed by atoms with van der Waals surface area (Å²) in [6.07, 6.45) is 0.916. The standard InChI is InChI=1S/C30H29NO4/c1-33-30(32)25-13-17-28(18-14-25)35-29-10-6-5-9-26(29)22-31-19-20-34-27-15-11-24(12-16-27)21-23-7-3-2-4-8-23/h2-18,31H,19-22H2,1H3. The minimum Gasteiger partial charge on any atom is -0.492 e. The minimum atomic E-state index is -0.369. The molecule has 0 saturated heterocycles. The van der Waals surface area contributed by atoms with Crippen LogP contribution in [0.4, 0.5) is 0 Å². The summed E-state index contributed by atoms with van der Waals surface area (Å²) in [5.74, 6) is 1.92. The van der Waals surface area contributed by atoms with E-state index in [0.717, 1.165) is 23.5 Å². The summed E-state index contributed by atoms with van der Waals surface area (Å²) in [7, 11) is 1.36. The number of para-hydroxylation sites is 1. The molecule has 0 unspecified atom stereocenters. The van der Waals surface area contributed by atoms with Crippen LogP contribution in [0.15, 0.2) is 103 Å². The first-order chi connectivity index (χ1) is 17.2. The van der Waals surface area contributed by atoms with Crippen LogP contribution in [-0.2, 0) is 17.7 Å². The number of carbonyl (C=O) groups is 1. The molecule has 0 spiro atoms. The van der Waals surface area contributed by atoms with Gasteiger partial charge in [0.25, 0.3) is 0 Å². The van der Waals surface area contributed by atoms with E-state index < -0.39 is 0 Å². The molecular weight excluding hydrogens is 438 g/mol. The topological polar surface area (TPSA) is 56.8 Å². The Labute approximate surface area is 206 Å². The molecule has 0 fully saturated rings. The largest absolute Gasteiger partial charge is 0.492 e. The number of methoxy groups -OCH3 is 1. The summed E-state index contributed by atoms with van der Waals surface area (Å²) in [6.45, 7) is 1.92. The Morgan fingerprint density at radius 3 is 2.14 bits per heavy atom. The molecule has 0 aliphatic carbocycles. The van der Waals surface area contributed by atoms with E-state index >= 15 is 0 Å².